The van der Waals surface area contributed by atoms with E-state index in [-0.39, 0.29) is 30.3 Å². The molecule has 1 aliphatic rings. The summed E-state index contributed by atoms with van der Waals surface area (Å²) in [5.41, 5.74) is 0.938. The number of piperazine rings is 1. The summed E-state index contributed by atoms with van der Waals surface area (Å²) in [6.07, 6.45) is 0.843. The van der Waals surface area contributed by atoms with Gasteiger partial charge in [0.05, 0.1) is 6.04 Å². The van der Waals surface area contributed by atoms with Crippen LogP contribution in [0, 0.1) is 5.92 Å². The van der Waals surface area contributed by atoms with Crippen molar-refractivity contribution in [2.45, 2.75) is 39.3 Å². The third-order valence-corrected chi connectivity index (χ3v) is 4.43. The van der Waals surface area contributed by atoms with E-state index >= 15 is 0 Å². The van der Waals surface area contributed by atoms with Crippen LogP contribution in [-0.2, 0) is 9.59 Å². The summed E-state index contributed by atoms with van der Waals surface area (Å²) < 4.78 is 0. The number of halogens is 1. The fourth-order valence-electron chi connectivity index (χ4n) is 2.59. The molecule has 0 spiro atoms. The van der Waals surface area contributed by atoms with Gasteiger partial charge in [-0.3, -0.25) is 9.59 Å². The number of carbonyl (C=O) groups excluding carboxylic acids is 2. The first kappa shape index (κ1) is 15.8. The van der Waals surface area contributed by atoms with Crippen LogP contribution in [-0.4, -0.2) is 29.3 Å². The van der Waals surface area contributed by atoms with Gasteiger partial charge in [0, 0.05) is 5.02 Å². The Labute approximate surface area is 130 Å². The molecule has 1 N–H and O–H groups in total. The summed E-state index contributed by atoms with van der Waals surface area (Å²) in [5.74, 6) is 0.000940. The molecule has 1 aromatic carbocycles. The first-order valence-corrected chi connectivity index (χ1v) is 7.67. The summed E-state index contributed by atoms with van der Waals surface area (Å²) >= 11 is 6.01. The van der Waals surface area contributed by atoms with E-state index in [0.29, 0.717) is 5.02 Å². The first-order valence-electron chi connectivity index (χ1n) is 7.29. The van der Waals surface area contributed by atoms with Crippen molar-refractivity contribution >= 4 is 23.4 Å². The number of nitrogens with one attached hydrogen (secondary N) is 1. The SMILES string of the molecule is CCC(C)C1NC(=O)CN(C(C)c2cccc(Cl)c2)C1=O. The zero-order valence-electron chi connectivity index (χ0n) is 12.6. The van der Waals surface area contributed by atoms with Crippen LogP contribution in [0.1, 0.15) is 38.8 Å². The van der Waals surface area contributed by atoms with Gasteiger partial charge in [-0.1, -0.05) is 44.0 Å². The van der Waals surface area contributed by atoms with E-state index in [9.17, 15) is 9.59 Å². The zero-order chi connectivity index (χ0) is 15.6. The normalized spacial score (nSPS) is 21.9. The van der Waals surface area contributed by atoms with Crippen molar-refractivity contribution in [3.8, 4) is 0 Å². The molecular weight excluding hydrogens is 288 g/mol. The highest BCUT2D eigenvalue weighted by Gasteiger charge is 2.37. The molecule has 0 bridgehead atoms. The highest BCUT2D eigenvalue weighted by Crippen LogP contribution is 2.26. The van der Waals surface area contributed by atoms with Crippen molar-refractivity contribution in [3.63, 3.8) is 0 Å². The number of amides is 2. The van der Waals surface area contributed by atoms with Crippen LogP contribution in [0.2, 0.25) is 5.02 Å². The van der Waals surface area contributed by atoms with Crippen molar-refractivity contribution in [1.82, 2.24) is 10.2 Å². The smallest absolute Gasteiger partial charge is 0.246 e. The van der Waals surface area contributed by atoms with Crippen molar-refractivity contribution in [3.05, 3.63) is 34.9 Å². The second kappa shape index (κ2) is 6.48. The summed E-state index contributed by atoms with van der Waals surface area (Å²) in [6, 6.07) is 6.81. The molecule has 2 amide bonds. The van der Waals surface area contributed by atoms with Gasteiger partial charge in [-0.05, 0) is 30.5 Å². The number of carbonyl (C=O) groups is 2. The summed E-state index contributed by atoms with van der Waals surface area (Å²) in [4.78, 5) is 26.2. The molecule has 1 fully saturated rings. The van der Waals surface area contributed by atoms with Crippen LogP contribution in [0.25, 0.3) is 0 Å². The standard InChI is InChI=1S/C16H21ClN2O2/c1-4-10(2)15-16(21)19(9-14(20)18-15)11(3)12-6-5-7-13(17)8-12/h5-8,10-11,15H,4,9H2,1-3H3,(H,18,20). The van der Waals surface area contributed by atoms with Gasteiger partial charge in [0.2, 0.25) is 11.8 Å². The minimum Gasteiger partial charge on any atom is -0.342 e. The van der Waals surface area contributed by atoms with E-state index in [1.54, 1.807) is 11.0 Å². The fourth-order valence-corrected chi connectivity index (χ4v) is 2.79. The number of hydrogen-bond acceptors (Lipinski definition) is 2. The van der Waals surface area contributed by atoms with Gasteiger partial charge in [0.1, 0.15) is 12.6 Å². The maximum Gasteiger partial charge on any atom is 0.246 e. The van der Waals surface area contributed by atoms with Crippen LogP contribution in [0.15, 0.2) is 24.3 Å². The van der Waals surface area contributed by atoms with Crippen LogP contribution in [0.4, 0.5) is 0 Å². The summed E-state index contributed by atoms with van der Waals surface area (Å²) in [7, 11) is 0. The Hall–Kier alpha value is -1.55. The first-order chi connectivity index (χ1) is 9.93. The Kier molecular flexibility index (Phi) is 4.88. The Morgan fingerprint density at radius 1 is 1.38 bits per heavy atom. The van der Waals surface area contributed by atoms with Gasteiger partial charge >= 0.3 is 0 Å². The molecule has 1 aromatic rings. The van der Waals surface area contributed by atoms with Gasteiger partial charge in [-0.25, -0.2) is 0 Å². The van der Waals surface area contributed by atoms with E-state index in [1.165, 1.54) is 0 Å². The van der Waals surface area contributed by atoms with Crippen molar-refractivity contribution in [1.29, 1.82) is 0 Å². The van der Waals surface area contributed by atoms with E-state index in [4.69, 9.17) is 11.6 Å². The van der Waals surface area contributed by atoms with Crippen molar-refractivity contribution in [2.75, 3.05) is 6.54 Å². The van der Waals surface area contributed by atoms with Gasteiger partial charge < -0.3 is 10.2 Å². The van der Waals surface area contributed by atoms with Gasteiger partial charge in [-0.2, -0.15) is 0 Å². The quantitative estimate of drug-likeness (QED) is 0.930. The Morgan fingerprint density at radius 3 is 2.71 bits per heavy atom. The molecule has 0 aliphatic carbocycles. The lowest BCUT2D eigenvalue weighted by molar-refractivity contribution is -0.148. The topological polar surface area (TPSA) is 49.4 Å². The Bertz CT molecular complexity index is 547. The zero-order valence-corrected chi connectivity index (χ0v) is 13.4. The van der Waals surface area contributed by atoms with Gasteiger partial charge in [-0.15, -0.1) is 0 Å². The number of nitrogens with zero attached hydrogens (tertiary/aromatic N) is 1. The van der Waals surface area contributed by atoms with Gasteiger partial charge in [0.15, 0.2) is 0 Å². The van der Waals surface area contributed by atoms with E-state index < -0.39 is 6.04 Å². The number of benzene rings is 1. The molecule has 1 heterocycles. The third kappa shape index (κ3) is 3.38. The molecule has 1 saturated heterocycles. The lowest BCUT2D eigenvalue weighted by atomic mass is 9.94. The molecule has 21 heavy (non-hydrogen) atoms. The Morgan fingerprint density at radius 2 is 2.10 bits per heavy atom. The second-order valence-electron chi connectivity index (χ2n) is 5.63. The minimum absolute atomic E-state index is 0.0172. The monoisotopic (exact) mass is 308 g/mol. The van der Waals surface area contributed by atoms with E-state index in [0.717, 1.165) is 12.0 Å². The lowest BCUT2D eigenvalue weighted by Crippen LogP contribution is -2.60. The molecule has 3 atom stereocenters. The predicted octanol–water partition coefficient (Wildman–Crippen LogP) is 2.77. The molecule has 2 rings (SSSR count). The summed E-state index contributed by atoms with van der Waals surface area (Å²) in [5, 5.41) is 3.44. The van der Waals surface area contributed by atoms with E-state index in [1.807, 2.05) is 39.0 Å². The highest BCUT2D eigenvalue weighted by atomic mass is 35.5. The molecule has 4 nitrogen and oxygen atoms in total. The van der Waals surface area contributed by atoms with Crippen LogP contribution in [0.5, 0.6) is 0 Å². The van der Waals surface area contributed by atoms with Crippen LogP contribution >= 0.6 is 11.6 Å². The molecule has 0 radical (unpaired) electrons. The third-order valence-electron chi connectivity index (χ3n) is 4.19. The van der Waals surface area contributed by atoms with Crippen LogP contribution < -0.4 is 5.32 Å². The molecule has 114 valence electrons. The van der Waals surface area contributed by atoms with Crippen LogP contribution in [0.3, 0.4) is 0 Å². The highest BCUT2D eigenvalue weighted by molar-refractivity contribution is 6.30. The summed E-state index contributed by atoms with van der Waals surface area (Å²) in [6.45, 7) is 6.02. The van der Waals surface area contributed by atoms with Crippen molar-refractivity contribution < 1.29 is 9.59 Å². The lowest BCUT2D eigenvalue weighted by Gasteiger charge is -2.38. The van der Waals surface area contributed by atoms with Gasteiger partial charge in [0.25, 0.3) is 0 Å². The average molecular weight is 309 g/mol. The van der Waals surface area contributed by atoms with Crippen molar-refractivity contribution in [2.24, 2.45) is 5.92 Å². The maximum atomic E-state index is 12.6. The number of rotatable bonds is 4. The molecule has 3 unspecified atom stereocenters. The minimum atomic E-state index is -0.433. The Balaban J connectivity index is 2.25. The van der Waals surface area contributed by atoms with E-state index in [2.05, 4.69) is 5.32 Å². The molecule has 0 aromatic heterocycles. The molecular formula is C16H21ClN2O2. The molecule has 1 aliphatic heterocycles. The fraction of sp³-hybridized carbons (Fsp3) is 0.500. The molecule has 5 heteroatoms. The largest absolute Gasteiger partial charge is 0.342 e. The predicted molar refractivity (Wildman–Crippen MR) is 83.0 cm³/mol. The average Bonchev–Trinajstić information content (AvgIpc) is 2.47. The molecule has 0 saturated carbocycles. The number of hydrogen-bond donors (Lipinski definition) is 1. The maximum absolute atomic E-state index is 12.6. The second-order valence-corrected chi connectivity index (χ2v) is 6.06.